The number of rotatable bonds is 6. The fourth-order valence-electron chi connectivity index (χ4n) is 2.45. The molecular weight excluding hydrogens is 354 g/mol. The van der Waals surface area contributed by atoms with Gasteiger partial charge in [0.1, 0.15) is 10.6 Å². The van der Waals surface area contributed by atoms with E-state index in [0.717, 1.165) is 0 Å². The van der Waals surface area contributed by atoms with Crippen LogP contribution in [0.1, 0.15) is 19.8 Å². The lowest BCUT2D eigenvalue weighted by Crippen LogP contribution is -2.42. The summed E-state index contributed by atoms with van der Waals surface area (Å²) in [6.45, 7) is 2.23. The third-order valence-corrected chi connectivity index (χ3v) is 7.18. The summed E-state index contributed by atoms with van der Waals surface area (Å²) >= 11 is 0. The first-order valence-corrected chi connectivity index (χ1v) is 10.7. The summed E-state index contributed by atoms with van der Waals surface area (Å²) in [4.78, 5) is 0.0138. The summed E-state index contributed by atoms with van der Waals surface area (Å²) in [6, 6.07) is 4.16. The van der Waals surface area contributed by atoms with Crippen LogP contribution in [0.25, 0.3) is 0 Å². The molecule has 136 valence electrons. The molecule has 0 aliphatic carbocycles. The van der Waals surface area contributed by atoms with Crippen LogP contribution in [0.15, 0.2) is 23.1 Å². The summed E-state index contributed by atoms with van der Waals surface area (Å²) in [7, 11) is -5.82. The second-order valence-corrected chi connectivity index (χ2v) is 9.53. The van der Waals surface area contributed by atoms with Gasteiger partial charge in [-0.25, -0.2) is 16.8 Å². The Kier molecular flexibility index (Phi) is 5.74. The molecule has 1 aromatic rings. The summed E-state index contributed by atoms with van der Waals surface area (Å²) < 4.78 is 57.8. The van der Waals surface area contributed by atoms with Crippen molar-refractivity contribution < 1.29 is 21.6 Å². The summed E-state index contributed by atoms with van der Waals surface area (Å²) in [5.74, 6) is 0.0183. The number of anilines is 1. The Balaban J connectivity index is 2.33. The van der Waals surface area contributed by atoms with Crippen molar-refractivity contribution >= 4 is 25.7 Å². The number of hydrogen-bond acceptors (Lipinski definition) is 6. The van der Waals surface area contributed by atoms with Crippen LogP contribution in [0.3, 0.4) is 0 Å². The van der Waals surface area contributed by atoms with Crippen LogP contribution in [0, 0.1) is 0 Å². The minimum atomic E-state index is -3.72. The molecule has 1 heterocycles. The number of benzene rings is 1. The predicted molar refractivity (Wildman–Crippen MR) is 92.0 cm³/mol. The molecule has 1 aliphatic heterocycles. The van der Waals surface area contributed by atoms with Gasteiger partial charge in [0, 0.05) is 25.2 Å². The van der Waals surface area contributed by atoms with E-state index >= 15 is 0 Å². The highest BCUT2D eigenvalue weighted by atomic mass is 32.2. The van der Waals surface area contributed by atoms with E-state index in [9.17, 15) is 16.8 Å². The van der Waals surface area contributed by atoms with Crippen LogP contribution >= 0.6 is 0 Å². The average molecular weight is 377 g/mol. The Hall–Kier alpha value is -1.36. The number of sulfonamides is 2. The van der Waals surface area contributed by atoms with Crippen LogP contribution in [0.4, 0.5) is 5.69 Å². The average Bonchev–Trinajstić information content (AvgIpc) is 2.54. The van der Waals surface area contributed by atoms with Crippen molar-refractivity contribution in [3.8, 4) is 5.75 Å². The van der Waals surface area contributed by atoms with Crippen LogP contribution in [0.5, 0.6) is 5.75 Å². The molecule has 8 nitrogen and oxygen atoms in total. The second kappa shape index (κ2) is 7.26. The van der Waals surface area contributed by atoms with Crippen LogP contribution < -0.4 is 15.2 Å². The number of piperidine rings is 1. The van der Waals surface area contributed by atoms with Gasteiger partial charge in [-0.1, -0.05) is 0 Å². The van der Waals surface area contributed by atoms with E-state index in [2.05, 4.69) is 4.72 Å². The Morgan fingerprint density at radius 3 is 2.42 bits per heavy atom. The Bertz CT molecular complexity index is 785. The van der Waals surface area contributed by atoms with Gasteiger partial charge in [-0.2, -0.15) is 4.31 Å². The smallest absolute Gasteiger partial charge is 0.246 e. The third kappa shape index (κ3) is 4.18. The zero-order valence-electron chi connectivity index (χ0n) is 13.7. The minimum Gasteiger partial charge on any atom is -0.495 e. The van der Waals surface area contributed by atoms with Crippen molar-refractivity contribution in [2.75, 3.05) is 30.7 Å². The zero-order chi connectivity index (χ0) is 18.0. The van der Waals surface area contributed by atoms with Crippen LogP contribution in [0.2, 0.25) is 0 Å². The molecule has 1 aromatic carbocycles. The maximum absolute atomic E-state index is 12.8. The van der Waals surface area contributed by atoms with E-state index in [-0.39, 0.29) is 28.1 Å². The molecule has 1 fully saturated rings. The van der Waals surface area contributed by atoms with Gasteiger partial charge in [0.25, 0.3) is 0 Å². The molecule has 0 atom stereocenters. The highest BCUT2D eigenvalue weighted by molar-refractivity contribution is 7.92. The summed E-state index contributed by atoms with van der Waals surface area (Å²) in [5, 5.41) is 0. The van der Waals surface area contributed by atoms with E-state index in [4.69, 9.17) is 10.5 Å². The molecule has 24 heavy (non-hydrogen) atoms. The van der Waals surface area contributed by atoms with Gasteiger partial charge in [0.15, 0.2) is 0 Å². The molecule has 0 amide bonds. The van der Waals surface area contributed by atoms with Crippen molar-refractivity contribution in [2.45, 2.75) is 30.7 Å². The number of nitrogens with two attached hydrogens (primary N) is 1. The number of methoxy groups -OCH3 is 1. The summed E-state index contributed by atoms with van der Waals surface area (Å²) in [5.41, 5.74) is 6.07. The molecule has 0 spiro atoms. The molecule has 1 aliphatic rings. The fraction of sp³-hybridized carbons (Fsp3) is 0.571. The van der Waals surface area contributed by atoms with Crippen molar-refractivity contribution in [2.24, 2.45) is 5.73 Å². The summed E-state index contributed by atoms with van der Waals surface area (Å²) in [6.07, 6.45) is 1.21. The molecule has 10 heteroatoms. The molecular formula is C14H23N3O5S2. The largest absolute Gasteiger partial charge is 0.495 e. The van der Waals surface area contributed by atoms with E-state index in [0.29, 0.717) is 25.9 Å². The maximum Gasteiger partial charge on any atom is 0.246 e. The van der Waals surface area contributed by atoms with E-state index in [1.807, 2.05) is 0 Å². The number of nitrogens with zero attached hydrogens (tertiary/aromatic N) is 1. The van der Waals surface area contributed by atoms with Gasteiger partial charge in [0.2, 0.25) is 20.0 Å². The monoisotopic (exact) mass is 377 g/mol. The normalized spacial score (nSPS) is 17.6. The Morgan fingerprint density at radius 2 is 1.88 bits per heavy atom. The van der Waals surface area contributed by atoms with Gasteiger partial charge in [0.05, 0.1) is 18.6 Å². The first-order chi connectivity index (χ1) is 11.2. The van der Waals surface area contributed by atoms with Gasteiger partial charge < -0.3 is 10.5 Å². The van der Waals surface area contributed by atoms with E-state index in [1.165, 1.54) is 36.5 Å². The second-order valence-electron chi connectivity index (χ2n) is 5.61. The Labute approximate surface area is 143 Å². The highest BCUT2D eigenvalue weighted by Gasteiger charge is 2.30. The predicted octanol–water partition coefficient (Wildman–Crippen LogP) is 0.569. The number of hydrogen-bond donors (Lipinski definition) is 2. The van der Waals surface area contributed by atoms with Crippen molar-refractivity contribution in [3.63, 3.8) is 0 Å². The van der Waals surface area contributed by atoms with Crippen molar-refractivity contribution in [1.29, 1.82) is 0 Å². The molecule has 0 saturated carbocycles. The number of nitrogens with one attached hydrogen (secondary N) is 1. The molecule has 3 N–H and O–H groups in total. The van der Waals surface area contributed by atoms with Gasteiger partial charge >= 0.3 is 0 Å². The Morgan fingerprint density at radius 1 is 1.25 bits per heavy atom. The SMILES string of the molecule is CCS(=O)(=O)Nc1ccc(S(=O)(=O)N2CCC(N)CC2)c(OC)c1. The lowest BCUT2D eigenvalue weighted by Gasteiger charge is -2.29. The maximum atomic E-state index is 12.8. The molecule has 2 rings (SSSR count). The van der Waals surface area contributed by atoms with Crippen molar-refractivity contribution in [3.05, 3.63) is 18.2 Å². The number of ether oxygens (including phenoxy) is 1. The van der Waals surface area contributed by atoms with E-state index in [1.54, 1.807) is 0 Å². The van der Waals surface area contributed by atoms with Gasteiger partial charge in [-0.15, -0.1) is 0 Å². The highest BCUT2D eigenvalue weighted by Crippen LogP contribution is 2.31. The third-order valence-electron chi connectivity index (χ3n) is 3.93. The van der Waals surface area contributed by atoms with Crippen LogP contribution in [-0.2, 0) is 20.0 Å². The standard InChI is InChI=1S/C14H23N3O5S2/c1-3-23(18,19)16-12-4-5-14(13(10-12)22-2)24(20,21)17-8-6-11(15)7-9-17/h4-5,10-11,16H,3,6-9,15H2,1-2H3. The first-order valence-electron chi connectivity index (χ1n) is 7.64. The lowest BCUT2D eigenvalue weighted by atomic mass is 10.1. The molecule has 0 aromatic heterocycles. The van der Waals surface area contributed by atoms with Crippen LogP contribution in [-0.4, -0.2) is 53.1 Å². The fourth-order valence-corrected chi connectivity index (χ4v) is 4.69. The zero-order valence-corrected chi connectivity index (χ0v) is 15.4. The van der Waals surface area contributed by atoms with Gasteiger partial charge in [-0.05, 0) is 31.9 Å². The van der Waals surface area contributed by atoms with Gasteiger partial charge in [-0.3, -0.25) is 4.72 Å². The molecule has 1 saturated heterocycles. The molecule has 0 bridgehead atoms. The first kappa shape index (κ1) is 19.0. The quantitative estimate of drug-likeness (QED) is 0.748. The molecule has 0 radical (unpaired) electrons. The minimum absolute atomic E-state index is 0.0138. The molecule has 0 unspecified atom stereocenters. The topological polar surface area (TPSA) is 119 Å². The lowest BCUT2D eigenvalue weighted by molar-refractivity contribution is 0.318. The van der Waals surface area contributed by atoms with E-state index < -0.39 is 20.0 Å². The van der Waals surface area contributed by atoms with Crippen molar-refractivity contribution in [1.82, 2.24) is 4.31 Å².